The minimum absolute atomic E-state index is 0.240. The van der Waals surface area contributed by atoms with E-state index in [1.807, 2.05) is 12.1 Å². The van der Waals surface area contributed by atoms with Crippen molar-refractivity contribution in [1.29, 1.82) is 0 Å². The maximum atomic E-state index is 11.4. The fourth-order valence-corrected chi connectivity index (χ4v) is 1.45. The van der Waals surface area contributed by atoms with Gasteiger partial charge in [0.1, 0.15) is 0 Å². The molecule has 0 radical (unpaired) electrons. The van der Waals surface area contributed by atoms with Crippen LogP contribution in [0.4, 0.5) is 5.69 Å². The molecule has 0 amide bonds. The van der Waals surface area contributed by atoms with Crippen molar-refractivity contribution >= 4 is 42.3 Å². The SMILES string of the molecule is O=c1[nH]cc([NH+]=Cc2ccccc2Cl)c(=O)[nH]1.[Cl][Pt][Cl]. The Bertz CT molecular complexity index is 700. The second-order valence-corrected chi connectivity index (χ2v) is 7.03. The van der Waals surface area contributed by atoms with Crippen molar-refractivity contribution in [2.45, 2.75) is 0 Å². The molecule has 0 spiro atoms. The number of aromatic nitrogens is 2. The zero-order valence-electron chi connectivity index (χ0n) is 9.73. The summed E-state index contributed by atoms with van der Waals surface area (Å²) in [6.45, 7) is 0. The van der Waals surface area contributed by atoms with E-state index in [-0.39, 0.29) is 5.69 Å². The summed E-state index contributed by atoms with van der Waals surface area (Å²) in [6.07, 6.45) is 2.89. The van der Waals surface area contributed by atoms with E-state index in [1.54, 1.807) is 18.3 Å². The number of hydrogen-bond donors (Lipinski definition) is 3. The van der Waals surface area contributed by atoms with Crippen LogP contribution in [0, 0.1) is 0 Å². The summed E-state index contributed by atoms with van der Waals surface area (Å²) in [7, 11) is 9.75. The van der Waals surface area contributed by atoms with Gasteiger partial charge in [-0.1, -0.05) is 23.7 Å². The molecule has 9 heteroatoms. The average molecular weight is 517 g/mol. The van der Waals surface area contributed by atoms with Crippen molar-refractivity contribution in [3.8, 4) is 0 Å². The van der Waals surface area contributed by atoms with Crippen LogP contribution in [0.25, 0.3) is 0 Å². The van der Waals surface area contributed by atoms with Crippen LogP contribution in [0.5, 0.6) is 0 Å². The molecule has 110 valence electrons. The van der Waals surface area contributed by atoms with Gasteiger partial charge in [-0.05, 0) is 12.1 Å². The van der Waals surface area contributed by atoms with Crippen LogP contribution in [-0.4, -0.2) is 16.2 Å². The van der Waals surface area contributed by atoms with E-state index in [2.05, 4.69) is 15.0 Å². The van der Waals surface area contributed by atoms with Gasteiger partial charge in [-0.3, -0.25) is 9.78 Å². The summed E-state index contributed by atoms with van der Waals surface area (Å²) in [5.74, 6) is 0. The quantitative estimate of drug-likeness (QED) is 0.520. The van der Waals surface area contributed by atoms with Crippen molar-refractivity contribution in [2.24, 2.45) is 0 Å². The van der Waals surface area contributed by atoms with Gasteiger partial charge in [-0.25, -0.2) is 9.79 Å². The molecule has 1 aromatic heterocycles. The molecule has 0 aliphatic carbocycles. The first-order chi connectivity index (χ1) is 9.58. The first-order valence-electron chi connectivity index (χ1n) is 5.07. The Morgan fingerprint density at radius 3 is 2.45 bits per heavy atom. The molecule has 20 heavy (non-hydrogen) atoms. The fourth-order valence-electron chi connectivity index (χ4n) is 1.26. The van der Waals surface area contributed by atoms with Crippen molar-refractivity contribution < 1.29 is 21.5 Å². The molecule has 2 rings (SSSR count). The molecule has 2 aromatic rings. The van der Waals surface area contributed by atoms with E-state index in [0.717, 1.165) is 5.56 Å². The fraction of sp³-hybridized carbons (Fsp3) is 0. The van der Waals surface area contributed by atoms with Crippen molar-refractivity contribution in [3.05, 3.63) is 61.9 Å². The standard InChI is InChI=1S/C11H8ClN3O2.2ClH.Pt/c12-8-4-2-1-3-7(8)5-13-9-6-14-11(17)15-10(9)16;;;/h1-6H,(H2,14,15,16,17);2*1H;/q;;;+2/p-1. The van der Waals surface area contributed by atoms with E-state index < -0.39 is 27.7 Å². The Hall–Kier alpha value is -0.872. The van der Waals surface area contributed by atoms with Gasteiger partial charge in [0.2, 0.25) is 0 Å². The monoisotopic (exact) mass is 515 g/mol. The molecule has 0 saturated heterocycles. The van der Waals surface area contributed by atoms with E-state index in [4.69, 9.17) is 30.4 Å². The third-order valence-corrected chi connectivity index (χ3v) is 2.45. The van der Waals surface area contributed by atoms with Crippen molar-refractivity contribution in [3.63, 3.8) is 0 Å². The van der Waals surface area contributed by atoms with Gasteiger partial charge in [-0.2, -0.15) is 0 Å². The molecule has 0 atom stereocenters. The summed E-state index contributed by atoms with van der Waals surface area (Å²) < 4.78 is 0. The molecular formula is C11H9Cl3N3O2Pt+. The van der Waals surface area contributed by atoms with Crippen LogP contribution in [-0.2, 0) is 16.5 Å². The maximum absolute atomic E-state index is 11.4. The summed E-state index contributed by atoms with van der Waals surface area (Å²) >= 11 is 5.47. The number of nitrogens with one attached hydrogen (secondary N) is 3. The molecule has 1 aromatic carbocycles. The molecular weight excluding hydrogens is 508 g/mol. The molecule has 0 bridgehead atoms. The summed E-state index contributed by atoms with van der Waals surface area (Å²) in [6, 6.07) is 7.18. The van der Waals surface area contributed by atoms with Gasteiger partial charge in [0.25, 0.3) is 5.69 Å². The normalized spacial score (nSPS) is 10.3. The Balaban J connectivity index is 0.000000612. The number of benzene rings is 1. The molecule has 5 nitrogen and oxygen atoms in total. The van der Waals surface area contributed by atoms with Gasteiger partial charge in [-0.15, -0.1) is 0 Å². The van der Waals surface area contributed by atoms with Gasteiger partial charge < -0.3 is 4.98 Å². The first-order valence-corrected chi connectivity index (χ1v) is 11.1. The third kappa shape index (κ3) is 5.63. The van der Waals surface area contributed by atoms with E-state index in [0.29, 0.717) is 5.02 Å². The van der Waals surface area contributed by atoms with Crippen molar-refractivity contribution in [2.75, 3.05) is 0 Å². The van der Waals surface area contributed by atoms with Crippen LogP contribution in [0.3, 0.4) is 0 Å². The van der Waals surface area contributed by atoms with Gasteiger partial charge in [0.15, 0.2) is 6.21 Å². The Kier molecular flexibility index (Phi) is 7.85. The average Bonchev–Trinajstić information content (AvgIpc) is 2.40. The number of halogens is 3. The zero-order chi connectivity index (χ0) is 15.0. The van der Waals surface area contributed by atoms with Gasteiger partial charge >= 0.3 is 46.6 Å². The summed E-state index contributed by atoms with van der Waals surface area (Å²) in [4.78, 5) is 29.4. The molecule has 3 N–H and O–H groups in total. The number of H-pyrrole nitrogens is 2. The first kappa shape index (κ1) is 17.2. The molecule has 0 fully saturated rings. The Labute approximate surface area is 135 Å². The molecule has 0 aliphatic heterocycles. The predicted molar refractivity (Wildman–Crippen MR) is 76.6 cm³/mol. The zero-order valence-corrected chi connectivity index (χ0v) is 14.3. The van der Waals surface area contributed by atoms with Crippen LogP contribution in [0.1, 0.15) is 5.56 Å². The van der Waals surface area contributed by atoms with Gasteiger partial charge in [0, 0.05) is 0 Å². The van der Waals surface area contributed by atoms with E-state index in [9.17, 15) is 9.59 Å². The van der Waals surface area contributed by atoms with Crippen LogP contribution < -0.4 is 16.2 Å². The predicted octanol–water partition coefficient (Wildman–Crippen LogP) is 0.924. The number of rotatable bonds is 2. The van der Waals surface area contributed by atoms with E-state index in [1.165, 1.54) is 6.20 Å². The second kappa shape index (κ2) is 9.14. The minimum atomic E-state index is -0.543. The van der Waals surface area contributed by atoms with Crippen LogP contribution in [0.2, 0.25) is 5.02 Å². The van der Waals surface area contributed by atoms with E-state index >= 15 is 0 Å². The topological polar surface area (TPSA) is 79.7 Å². The molecule has 0 saturated carbocycles. The third-order valence-electron chi connectivity index (χ3n) is 2.11. The second-order valence-electron chi connectivity index (χ2n) is 3.34. The molecule has 0 aliphatic rings. The summed E-state index contributed by atoms with van der Waals surface area (Å²) in [5, 5.41) is 0.570. The molecule has 0 unspecified atom stereocenters. The molecule has 1 heterocycles. The van der Waals surface area contributed by atoms with Crippen LogP contribution in [0.15, 0.2) is 40.1 Å². The van der Waals surface area contributed by atoms with Crippen molar-refractivity contribution in [1.82, 2.24) is 9.97 Å². The van der Waals surface area contributed by atoms with Gasteiger partial charge in [0.05, 0.1) is 16.8 Å². The number of aromatic amines is 2. The summed E-state index contributed by atoms with van der Waals surface area (Å²) in [5.41, 5.74) is -0.0420. The van der Waals surface area contributed by atoms with Crippen LogP contribution >= 0.6 is 30.4 Å². The Morgan fingerprint density at radius 2 is 1.85 bits per heavy atom. The number of hydrogen-bond acceptors (Lipinski definition) is 2. The Morgan fingerprint density at radius 1 is 1.20 bits per heavy atom.